The minimum atomic E-state index is -0.763. The minimum Gasteiger partial charge on any atom is -0.462 e. The molecule has 0 amide bonds. The average Bonchev–Trinajstić information content (AvgIpc) is 3.16. The fourth-order valence-corrected chi connectivity index (χ4v) is 7.38. The van der Waals surface area contributed by atoms with Crippen LogP contribution in [0.1, 0.15) is 266 Å². The molecule has 6 nitrogen and oxygen atoms in total. The largest absolute Gasteiger partial charge is 0.462 e. The predicted molar refractivity (Wildman–Crippen MR) is 238 cm³/mol. The molecule has 0 saturated heterocycles. The first kappa shape index (κ1) is 54.4. The van der Waals surface area contributed by atoms with Crippen LogP contribution in [-0.2, 0) is 28.6 Å². The highest BCUT2D eigenvalue weighted by molar-refractivity contribution is 5.71. The Bertz CT molecular complexity index is 870. The Kier molecular flexibility index (Phi) is 40.4. The third-order valence-electron chi connectivity index (χ3n) is 11.5. The van der Waals surface area contributed by atoms with Gasteiger partial charge in [0.15, 0.2) is 6.10 Å². The maximum absolute atomic E-state index is 12.8. The van der Waals surface area contributed by atoms with Crippen LogP contribution in [0, 0.1) is 17.8 Å². The molecule has 6 heteroatoms. The maximum atomic E-state index is 12.8. The average molecular weight is 793 g/mol. The highest BCUT2D eigenvalue weighted by Gasteiger charge is 2.19. The highest BCUT2D eigenvalue weighted by atomic mass is 16.6. The number of hydrogen-bond donors (Lipinski definition) is 0. The molecule has 0 fully saturated rings. The first-order valence-electron chi connectivity index (χ1n) is 24.6. The molecule has 0 saturated carbocycles. The van der Waals surface area contributed by atoms with Gasteiger partial charge in [-0.3, -0.25) is 14.4 Å². The minimum absolute atomic E-state index is 0.0671. The molecule has 0 aromatic rings. The lowest BCUT2D eigenvalue weighted by Crippen LogP contribution is -2.30. The lowest BCUT2D eigenvalue weighted by molar-refractivity contribution is -0.167. The summed E-state index contributed by atoms with van der Waals surface area (Å²) in [6.07, 6.45) is 39.7. The number of hydrogen-bond acceptors (Lipinski definition) is 6. The van der Waals surface area contributed by atoms with Gasteiger partial charge in [-0.2, -0.15) is 0 Å². The molecule has 0 heterocycles. The van der Waals surface area contributed by atoms with Crippen LogP contribution in [0.25, 0.3) is 0 Å². The normalized spacial score (nSPS) is 12.6. The summed E-state index contributed by atoms with van der Waals surface area (Å²) in [5.41, 5.74) is 0. The van der Waals surface area contributed by atoms with Gasteiger partial charge in [0.25, 0.3) is 0 Å². The van der Waals surface area contributed by atoms with E-state index in [9.17, 15) is 14.4 Å². The molecule has 0 aliphatic heterocycles. The number of carbonyl (C=O) groups excluding carboxylic acids is 3. The quantitative estimate of drug-likeness (QED) is 0.0348. The van der Waals surface area contributed by atoms with Crippen LogP contribution in [0.2, 0.25) is 0 Å². The molecule has 0 radical (unpaired) electrons. The molecule has 0 aromatic heterocycles. The van der Waals surface area contributed by atoms with Crippen molar-refractivity contribution in [3.63, 3.8) is 0 Å². The van der Waals surface area contributed by atoms with Gasteiger partial charge < -0.3 is 14.2 Å². The van der Waals surface area contributed by atoms with Crippen LogP contribution >= 0.6 is 0 Å². The van der Waals surface area contributed by atoms with Gasteiger partial charge in [0.1, 0.15) is 13.2 Å². The standard InChI is InChI=1S/C50H96O6/c1-7-46(6)38-32-26-21-23-28-34-40-49(52)55-43-47(42-54-48(51)39-33-27-22-20-25-31-37-45(4)5)56-50(53)41-35-29-19-17-15-13-11-9-8-10-12-14-16-18-24-30-36-44(2)3/h44-47H,7-43H2,1-6H3/t46?,47-/m0/s1. The first-order valence-corrected chi connectivity index (χ1v) is 24.6. The van der Waals surface area contributed by atoms with Crippen molar-refractivity contribution in [2.75, 3.05) is 13.2 Å². The first-order chi connectivity index (χ1) is 27.1. The smallest absolute Gasteiger partial charge is 0.306 e. The second kappa shape index (κ2) is 41.6. The van der Waals surface area contributed by atoms with E-state index in [1.807, 2.05) is 0 Å². The number of rotatable bonds is 43. The van der Waals surface area contributed by atoms with E-state index in [1.165, 1.54) is 148 Å². The Morgan fingerprint density at radius 1 is 0.357 bits per heavy atom. The van der Waals surface area contributed by atoms with Crippen LogP contribution in [-0.4, -0.2) is 37.2 Å². The fraction of sp³-hybridized carbons (Fsp3) is 0.940. The Hall–Kier alpha value is -1.59. The molecule has 56 heavy (non-hydrogen) atoms. The van der Waals surface area contributed by atoms with E-state index >= 15 is 0 Å². The Morgan fingerprint density at radius 3 is 0.929 bits per heavy atom. The van der Waals surface area contributed by atoms with E-state index in [1.54, 1.807) is 0 Å². The van der Waals surface area contributed by atoms with Crippen molar-refractivity contribution in [1.29, 1.82) is 0 Å². The summed E-state index contributed by atoms with van der Waals surface area (Å²) < 4.78 is 16.7. The van der Waals surface area contributed by atoms with Crippen molar-refractivity contribution in [3.05, 3.63) is 0 Å². The molecule has 0 aromatic carbocycles. The maximum Gasteiger partial charge on any atom is 0.306 e. The van der Waals surface area contributed by atoms with Gasteiger partial charge in [-0.25, -0.2) is 0 Å². The van der Waals surface area contributed by atoms with E-state index in [4.69, 9.17) is 14.2 Å². The number of carbonyl (C=O) groups is 3. The molecule has 2 atom stereocenters. The summed E-state index contributed by atoms with van der Waals surface area (Å²) in [5, 5.41) is 0. The molecule has 0 spiro atoms. The summed E-state index contributed by atoms with van der Waals surface area (Å²) in [5.74, 6) is 1.57. The molecular weight excluding hydrogens is 697 g/mol. The lowest BCUT2D eigenvalue weighted by atomic mass is 10.00. The van der Waals surface area contributed by atoms with Crippen LogP contribution in [0.4, 0.5) is 0 Å². The zero-order valence-electron chi connectivity index (χ0n) is 38.4. The van der Waals surface area contributed by atoms with E-state index in [-0.39, 0.29) is 31.1 Å². The molecule has 0 N–H and O–H groups in total. The number of unbranched alkanes of at least 4 members (excludes halogenated alkanes) is 25. The van der Waals surface area contributed by atoms with Crippen LogP contribution < -0.4 is 0 Å². The van der Waals surface area contributed by atoms with E-state index in [0.29, 0.717) is 19.3 Å². The molecule has 0 aliphatic rings. The van der Waals surface area contributed by atoms with Crippen molar-refractivity contribution in [2.45, 2.75) is 272 Å². The van der Waals surface area contributed by atoms with Crippen molar-refractivity contribution < 1.29 is 28.6 Å². The van der Waals surface area contributed by atoms with E-state index in [0.717, 1.165) is 75.5 Å². The van der Waals surface area contributed by atoms with Crippen molar-refractivity contribution in [3.8, 4) is 0 Å². The number of esters is 3. The van der Waals surface area contributed by atoms with Gasteiger partial charge in [-0.05, 0) is 37.0 Å². The molecular formula is C50H96O6. The van der Waals surface area contributed by atoms with Gasteiger partial charge in [0.2, 0.25) is 0 Å². The van der Waals surface area contributed by atoms with E-state index in [2.05, 4.69) is 41.5 Å². The SMILES string of the molecule is CCC(C)CCCCCCCCC(=O)OC[C@H](COC(=O)CCCCCCCCC(C)C)OC(=O)CCCCCCCCCCCCCCCCCCC(C)C. The summed E-state index contributed by atoms with van der Waals surface area (Å²) >= 11 is 0. The van der Waals surface area contributed by atoms with E-state index < -0.39 is 6.10 Å². The van der Waals surface area contributed by atoms with Crippen molar-refractivity contribution in [2.24, 2.45) is 17.8 Å². The third-order valence-corrected chi connectivity index (χ3v) is 11.5. The summed E-state index contributed by atoms with van der Waals surface area (Å²) in [6.45, 7) is 13.6. The number of ether oxygens (including phenoxy) is 3. The molecule has 332 valence electrons. The van der Waals surface area contributed by atoms with Gasteiger partial charge in [-0.1, -0.05) is 228 Å². The van der Waals surface area contributed by atoms with Gasteiger partial charge in [-0.15, -0.1) is 0 Å². The second-order valence-electron chi connectivity index (χ2n) is 18.3. The molecule has 0 aliphatic carbocycles. The summed E-state index contributed by atoms with van der Waals surface area (Å²) in [4.78, 5) is 37.7. The Balaban J connectivity index is 4.24. The van der Waals surface area contributed by atoms with Gasteiger partial charge >= 0.3 is 17.9 Å². The Labute approximate surface area is 348 Å². The summed E-state index contributed by atoms with van der Waals surface area (Å²) in [7, 11) is 0. The van der Waals surface area contributed by atoms with Crippen LogP contribution in [0.5, 0.6) is 0 Å². The predicted octanol–water partition coefficient (Wildman–Crippen LogP) is 15.6. The van der Waals surface area contributed by atoms with Gasteiger partial charge in [0.05, 0.1) is 0 Å². The lowest BCUT2D eigenvalue weighted by Gasteiger charge is -2.18. The zero-order chi connectivity index (χ0) is 41.3. The summed E-state index contributed by atoms with van der Waals surface area (Å²) in [6, 6.07) is 0. The topological polar surface area (TPSA) is 78.9 Å². The second-order valence-corrected chi connectivity index (χ2v) is 18.3. The molecule has 1 unspecified atom stereocenters. The van der Waals surface area contributed by atoms with Crippen LogP contribution in [0.15, 0.2) is 0 Å². The molecule has 0 bridgehead atoms. The third kappa shape index (κ3) is 42.0. The van der Waals surface area contributed by atoms with Crippen molar-refractivity contribution >= 4 is 17.9 Å². The van der Waals surface area contributed by atoms with Crippen molar-refractivity contribution in [1.82, 2.24) is 0 Å². The monoisotopic (exact) mass is 793 g/mol. The highest BCUT2D eigenvalue weighted by Crippen LogP contribution is 2.18. The Morgan fingerprint density at radius 2 is 0.625 bits per heavy atom. The molecule has 0 rings (SSSR count). The fourth-order valence-electron chi connectivity index (χ4n) is 7.38. The zero-order valence-corrected chi connectivity index (χ0v) is 38.4. The van der Waals surface area contributed by atoms with Crippen LogP contribution in [0.3, 0.4) is 0 Å². The van der Waals surface area contributed by atoms with Gasteiger partial charge in [0, 0.05) is 19.3 Å².